The van der Waals surface area contributed by atoms with E-state index in [0.717, 1.165) is 21.2 Å². The van der Waals surface area contributed by atoms with Crippen molar-refractivity contribution in [1.29, 1.82) is 0 Å². The van der Waals surface area contributed by atoms with Gasteiger partial charge in [-0.1, -0.05) is 60.2 Å². The summed E-state index contributed by atoms with van der Waals surface area (Å²) in [6.07, 6.45) is 4.03. The molecule has 0 aliphatic rings. The fourth-order valence-electron chi connectivity index (χ4n) is 3.21. The summed E-state index contributed by atoms with van der Waals surface area (Å²) >= 11 is 3.20. The molecule has 0 saturated heterocycles. The number of nitrogens with zero attached hydrogens (tertiary/aromatic N) is 1. The summed E-state index contributed by atoms with van der Waals surface area (Å²) in [4.78, 5) is 13.7. The molecule has 0 spiro atoms. The molecule has 6 heteroatoms. The van der Waals surface area contributed by atoms with E-state index in [4.69, 9.17) is 5.73 Å². The van der Waals surface area contributed by atoms with Gasteiger partial charge in [0.2, 0.25) is 5.78 Å². The molecule has 0 atom stereocenters. The molecule has 0 amide bonds. The average molecular weight is 512 g/mol. The number of ketones is 1. The Morgan fingerprint density at radius 3 is 2.35 bits per heavy atom. The quantitative estimate of drug-likeness (QED) is 0.246. The van der Waals surface area contributed by atoms with E-state index >= 15 is 0 Å². The number of thiophene rings is 1. The fraction of sp³-hybridized carbons (Fsp3) is 0.120. The largest absolute Gasteiger partial charge is 1.00 e. The van der Waals surface area contributed by atoms with Gasteiger partial charge in [-0.2, -0.15) is 4.57 Å². The minimum Gasteiger partial charge on any atom is -1.00 e. The van der Waals surface area contributed by atoms with Crippen molar-refractivity contribution >= 4 is 34.6 Å². The first-order chi connectivity index (χ1) is 14.5. The van der Waals surface area contributed by atoms with Crippen LogP contribution in [0.3, 0.4) is 0 Å². The molecule has 31 heavy (non-hydrogen) atoms. The molecule has 0 saturated carbocycles. The van der Waals surface area contributed by atoms with E-state index in [2.05, 4.69) is 31.2 Å². The predicted molar refractivity (Wildman–Crippen MR) is 126 cm³/mol. The molecule has 0 radical (unpaired) electrons. The van der Waals surface area contributed by atoms with Gasteiger partial charge in [-0.3, -0.25) is 4.79 Å². The number of anilines is 1. The maximum Gasteiger partial charge on any atom is 0.259 e. The number of carbonyl (C=O) groups excluding carboxylic acids is 1. The van der Waals surface area contributed by atoms with Gasteiger partial charge in [0.15, 0.2) is 12.4 Å². The number of hydrogen-bond donors (Lipinski definition) is 1. The third-order valence-electron chi connectivity index (χ3n) is 4.83. The van der Waals surface area contributed by atoms with E-state index in [1.165, 1.54) is 22.5 Å². The highest BCUT2D eigenvalue weighted by atomic mass is 79.9. The Labute approximate surface area is 201 Å². The Bertz CT molecular complexity index is 1190. The van der Waals surface area contributed by atoms with E-state index in [-0.39, 0.29) is 22.8 Å². The zero-order chi connectivity index (χ0) is 21.1. The molecule has 2 heterocycles. The summed E-state index contributed by atoms with van der Waals surface area (Å²) in [5.74, 6) is 0.785. The molecule has 0 aliphatic carbocycles. The number of carbonyl (C=O) groups is 1. The Balaban J connectivity index is 0.00000272. The number of nitrogens with two attached hydrogens (primary N) is 1. The molecular weight excluding hydrogens is 488 g/mol. The number of aryl methyl sites for hydroxylation is 2. The second kappa shape index (κ2) is 10.3. The van der Waals surface area contributed by atoms with Crippen LogP contribution in [0.4, 0.5) is 5.69 Å². The summed E-state index contributed by atoms with van der Waals surface area (Å²) in [6.45, 7) is 4.14. The number of aromatic nitrogens is 1. The first kappa shape index (κ1) is 23.3. The maximum absolute atomic E-state index is 13.2. The van der Waals surface area contributed by atoms with Crippen molar-refractivity contribution < 1.29 is 26.3 Å². The van der Waals surface area contributed by atoms with Crippen LogP contribution < -0.4 is 27.3 Å². The second-order valence-corrected chi connectivity index (χ2v) is 9.50. The number of hydrogen-bond acceptors (Lipinski definition) is 4. The van der Waals surface area contributed by atoms with Gasteiger partial charge in [0, 0.05) is 22.9 Å². The highest BCUT2D eigenvalue weighted by molar-refractivity contribution is 8.00. The molecule has 3 nitrogen and oxygen atoms in total. The molecule has 4 aromatic rings. The smallest absolute Gasteiger partial charge is 0.259 e. The van der Waals surface area contributed by atoms with Crippen molar-refractivity contribution in [2.45, 2.75) is 23.8 Å². The van der Waals surface area contributed by atoms with Crippen molar-refractivity contribution in [2.24, 2.45) is 0 Å². The molecular formula is C25H23BrN2OS2. The standard InChI is InChI=1S/C25H22N2OS2.BrH/c1-17-10-12-19(13-11-17)16-29-25-22(27-14-6-7-18(2)15-27)21(26)24(30-25)23(28)20-8-4-3-5-9-20;/h3-15H,16H2,1-2H3,(H-,26,28);1H. The van der Waals surface area contributed by atoms with Gasteiger partial charge in [0.25, 0.3) is 5.69 Å². The third kappa shape index (κ3) is 5.26. The highest BCUT2D eigenvalue weighted by Crippen LogP contribution is 2.40. The lowest BCUT2D eigenvalue weighted by molar-refractivity contribution is -0.597. The Hall–Kier alpha value is -2.41. The first-order valence-corrected chi connectivity index (χ1v) is 11.5. The van der Waals surface area contributed by atoms with Crippen LogP contribution in [0.5, 0.6) is 0 Å². The molecule has 0 fully saturated rings. The van der Waals surface area contributed by atoms with Crippen LogP contribution in [0.1, 0.15) is 31.9 Å². The number of halogens is 1. The summed E-state index contributed by atoms with van der Waals surface area (Å²) in [5.41, 5.74) is 12.3. The van der Waals surface area contributed by atoms with Crippen LogP contribution in [0.2, 0.25) is 0 Å². The van der Waals surface area contributed by atoms with Gasteiger partial charge in [-0.15, -0.1) is 23.1 Å². The number of nitrogen functional groups attached to an aromatic ring is 1. The van der Waals surface area contributed by atoms with Gasteiger partial charge in [0.05, 0.1) is 0 Å². The third-order valence-corrected chi connectivity index (χ3v) is 7.35. The van der Waals surface area contributed by atoms with Gasteiger partial charge >= 0.3 is 0 Å². The topological polar surface area (TPSA) is 47.0 Å². The van der Waals surface area contributed by atoms with Crippen LogP contribution in [-0.4, -0.2) is 5.78 Å². The highest BCUT2D eigenvalue weighted by Gasteiger charge is 2.28. The van der Waals surface area contributed by atoms with E-state index in [9.17, 15) is 4.79 Å². The second-order valence-electron chi connectivity index (χ2n) is 7.24. The normalized spacial score (nSPS) is 10.5. The van der Waals surface area contributed by atoms with Gasteiger partial charge in [-0.05, 0) is 25.5 Å². The van der Waals surface area contributed by atoms with E-state index in [1.807, 2.05) is 66.3 Å². The summed E-state index contributed by atoms with van der Waals surface area (Å²) in [7, 11) is 0. The Kier molecular flexibility index (Phi) is 7.70. The zero-order valence-electron chi connectivity index (χ0n) is 17.3. The van der Waals surface area contributed by atoms with Crippen LogP contribution in [0, 0.1) is 13.8 Å². The zero-order valence-corrected chi connectivity index (χ0v) is 20.6. The molecule has 0 bridgehead atoms. The van der Waals surface area contributed by atoms with Crippen molar-refractivity contribution in [3.63, 3.8) is 0 Å². The minimum absolute atomic E-state index is 0. The molecule has 2 aromatic heterocycles. The number of benzene rings is 2. The van der Waals surface area contributed by atoms with Crippen LogP contribution in [-0.2, 0) is 5.75 Å². The molecule has 158 valence electrons. The van der Waals surface area contributed by atoms with Crippen LogP contribution in [0.25, 0.3) is 5.69 Å². The summed E-state index contributed by atoms with van der Waals surface area (Å²) in [6, 6.07) is 21.9. The van der Waals surface area contributed by atoms with Crippen LogP contribution in [0.15, 0.2) is 83.3 Å². The van der Waals surface area contributed by atoms with Gasteiger partial charge < -0.3 is 22.7 Å². The fourth-order valence-corrected chi connectivity index (χ4v) is 5.63. The van der Waals surface area contributed by atoms with Gasteiger partial charge in [-0.25, -0.2) is 0 Å². The van der Waals surface area contributed by atoms with Crippen LogP contribution >= 0.6 is 23.1 Å². The summed E-state index contributed by atoms with van der Waals surface area (Å²) < 4.78 is 3.07. The molecule has 2 aromatic carbocycles. The monoisotopic (exact) mass is 510 g/mol. The SMILES string of the molecule is Cc1ccc(CSc2sc(C(=O)c3ccccc3)c(N)c2-[n+]2cccc(C)c2)cc1.[Br-]. The van der Waals surface area contributed by atoms with Crippen molar-refractivity contribution in [3.8, 4) is 5.69 Å². The lowest BCUT2D eigenvalue weighted by Crippen LogP contribution is -3.00. The molecule has 4 rings (SSSR count). The predicted octanol–water partition coefficient (Wildman–Crippen LogP) is 2.75. The molecule has 2 N–H and O–H groups in total. The van der Waals surface area contributed by atoms with E-state index in [1.54, 1.807) is 11.8 Å². The van der Waals surface area contributed by atoms with Crippen molar-refractivity contribution in [1.82, 2.24) is 0 Å². The minimum atomic E-state index is -0.0326. The first-order valence-electron chi connectivity index (χ1n) is 9.71. The van der Waals surface area contributed by atoms with Crippen molar-refractivity contribution in [2.75, 3.05) is 5.73 Å². The van der Waals surface area contributed by atoms with E-state index in [0.29, 0.717) is 16.1 Å². The Morgan fingerprint density at radius 1 is 0.968 bits per heavy atom. The number of rotatable bonds is 6. The lowest BCUT2D eigenvalue weighted by atomic mass is 10.1. The van der Waals surface area contributed by atoms with Crippen molar-refractivity contribution in [3.05, 3.63) is 106 Å². The average Bonchev–Trinajstić information content (AvgIpc) is 3.09. The summed E-state index contributed by atoms with van der Waals surface area (Å²) in [5, 5.41) is 0. The Morgan fingerprint density at radius 2 is 1.68 bits per heavy atom. The maximum atomic E-state index is 13.2. The van der Waals surface area contributed by atoms with E-state index < -0.39 is 0 Å². The lowest BCUT2D eigenvalue weighted by Gasteiger charge is -2.03. The number of pyridine rings is 1. The molecule has 0 aliphatic heterocycles. The molecule has 0 unspecified atom stereocenters. The number of thioether (sulfide) groups is 1. The van der Waals surface area contributed by atoms with Gasteiger partial charge in [0.1, 0.15) is 14.8 Å².